The molecule has 6 nitrogen and oxygen atoms in total. The molecule has 0 radical (unpaired) electrons. The molecule has 0 aliphatic carbocycles. The van der Waals surface area contributed by atoms with E-state index >= 15 is 0 Å². The number of fused-ring (bicyclic) bond motifs is 1. The summed E-state index contributed by atoms with van der Waals surface area (Å²) in [6.07, 6.45) is 4.31. The fourth-order valence-corrected chi connectivity index (χ4v) is 4.33. The molecular formula is C22H26Cl2N4O2. The maximum Gasteiger partial charge on any atom is 0.263 e. The van der Waals surface area contributed by atoms with Gasteiger partial charge in [-0.25, -0.2) is 4.98 Å². The first-order valence-corrected chi connectivity index (χ1v) is 11.2. The van der Waals surface area contributed by atoms with E-state index in [9.17, 15) is 4.79 Å². The van der Waals surface area contributed by atoms with Crippen LogP contribution in [0.2, 0.25) is 10.0 Å². The van der Waals surface area contributed by atoms with Gasteiger partial charge in [0.15, 0.2) is 18.2 Å². The molecule has 1 saturated heterocycles. The molecule has 1 N–H and O–H groups in total. The van der Waals surface area contributed by atoms with Crippen LogP contribution in [0.4, 0.5) is 11.5 Å². The first kappa shape index (κ1) is 21.2. The Balaban J connectivity index is 1.15. The van der Waals surface area contributed by atoms with Crippen molar-refractivity contribution in [3.63, 3.8) is 0 Å². The van der Waals surface area contributed by atoms with E-state index in [4.69, 9.17) is 27.9 Å². The lowest BCUT2D eigenvalue weighted by molar-refractivity contribution is -0.118. The van der Waals surface area contributed by atoms with Gasteiger partial charge in [0.25, 0.3) is 5.91 Å². The number of halogens is 2. The largest absolute Gasteiger partial charge is 0.480 e. The number of benzene rings is 1. The van der Waals surface area contributed by atoms with E-state index in [1.54, 1.807) is 0 Å². The Morgan fingerprint density at radius 2 is 1.87 bits per heavy atom. The lowest BCUT2D eigenvalue weighted by Crippen LogP contribution is -2.46. The Bertz CT molecular complexity index is 901. The van der Waals surface area contributed by atoms with Crippen LogP contribution in [0.15, 0.2) is 30.3 Å². The number of amides is 1. The summed E-state index contributed by atoms with van der Waals surface area (Å²) >= 11 is 12.5. The van der Waals surface area contributed by atoms with Gasteiger partial charge in [-0.05, 0) is 50.1 Å². The molecule has 1 aromatic heterocycles. The van der Waals surface area contributed by atoms with Crippen LogP contribution >= 0.6 is 23.2 Å². The molecule has 0 unspecified atom stereocenters. The molecule has 3 heterocycles. The van der Waals surface area contributed by atoms with Gasteiger partial charge in [-0.2, -0.15) is 0 Å². The number of hydrogen-bond acceptors (Lipinski definition) is 5. The van der Waals surface area contributed by atoms with Gasteiger partial charge in [-0.3, -0.25) is 9.69 Å². The number of piperazine rings is 1. The van der Waals surface area contributed by atoms with Crippen LogP contribution in [0.1, 0.15) is 25.0 Å². The number of pyridine rings is 1. The molecule has 1 aromatic carbocycles. The lowest BCUT2D eigenvalue weighted by Gasteiger charge is -2.36. The van der Waals surface area contributed by atoms with Crippen molar-refractivity contribution in [1.29, 1.82) is 0 Å². The maximum atomic E-state index is 11.4. The number of anilines is 2. The molecule has 0 bridgehead atoms. The van der Waals surface area contributed by atoms with Crippen molar-refractivity contribution in [2.75, 3.05) is 49.5 Å². The minimum atomic E-state index is -0.148. The number of carbonyl (C=O) groups excluding carboxylic acids is 1. The number of unbranched alkanes of at least 4 members (excludes halogenated alkanes) is 2. The summed E-state index contributed by atoms with van der Waals surface area (Å²) in [5.41, 5.74) is 2.02. The van der Waals surface area contributed by atoms with Crippen LogP contribution in [-0.2, 0) is 11.2 Å². The van der Waals surface area contributed by atoms with Gasteiger partial charge in [0.2, 0.25) is 0 Å². The summed E-state index contributed by atoms with van der Waals surface area (Å²) in [6, 6.07) is 9.69. The summed E-state index contributed by atoms with van der Waals surface area (Å²) in [5.74, 6) is 1.04. The monoisotopic (exact) mass is 448 g/mol. The Hall–Kier alpha value is -2.02. The molecule has 0 saturated carbocycles. The number of carbonyl (C=O) groups is 1. The number of nitrogens with one attached hydrogen (secondary N) is 1. The number of aryl methyl sites for hydroxylation is 1. The quantitative estimate of drug-likeness (QED) is 0.641. The second-order valence-corrected chi connectivity index (χ2v) is 8.48. The Morgan fingerprint density at radius 1 is 1.03 bits per heavy atom. The van der Waals surface area contributed by atoms with Crippen molar-refractivity contribution in [3.05, 3.63) is 46.1 Å². The van der Waals surface area contributed by atoms with Crippen molar-refractivity contribution in [1.82, 2.24) is 9.88 Å². The molecular weight excluding hydrogens is 423 g/mol. The number of aromatic nitrogens is 1. The minimum absolute atomic E-state index is 0.0639. The highest BCUT2D eigenvalue weighted by molar-refractivity contribution is 6.43. The fraction of sp³-hybridized carbons (Fsp3) is 0.455. The van der Waals surface area contributed by atoms with Crippen molar-refractivity contribution < 1.29 is 9.53 Å². The minimum Gasteiger partial charge on any atom is -0.480 e. The molecule has 1 amide bonds. The molecule has 2 aliphatic heterocycles. The van der Waals surface area contributed by atoms with E-state index in [0.29, 0.717) is 21.6 Å². The zero-order chi connectivity index (χ0) is 20.9. The van der Waals surface area contributed by atoms with E-state index in [0.717, 1.165) is 63.4 Å². The summed E-state index contributed by atoms with van der Waals surface area (Å²) in [6.45, 7) is 5.18. The number of rotatable bonds is 7. The highest BCUT2D eigenvalue weighted by Gasteiger charge is 2.20. The summed E-state index contributed by atoms with van der Waals surface area (Å²) in [7, 11) is 0. The predicted molar refractivity (Wildman–Crippen MR) is 121 cm³/mol. The van der Waals surface area contributed by atoms with Crippen molar-refractivity contribution in [3.8, 4) is 5.75 Å². The van der Waals surface area contributed by atoms with Crippen LogP contribution in [0.5, 0.6) is 5.75 Å². The summed E-state index contributed by atoms with van der Waals surface area (Å²) < 4.78 is 5.35. The Labute approximate surface area is 187 Å². The lowest BCUT2D eigenvalue weighted by atomic mass is 10.1. The second-order valence-electron chi connectivity index (χ2n) is 7.70. The molecule has 4 rings (SSSR count). The average molecular weight is 449 g/mol. The molecule has 1 fully saturated rings. The zero-order valence-corrected chi connectivity index (χ0v) is 18.4. The molecule has 2 aromatic rings. The Morgan fingerprint density at radius 3 is 2.70 bits per heavy atom. The smallest absolute Gasteiger partial charge is 0.263 e. The first-order valence-electron chi connectivity index (χ1n) is 10.4. The third-order valence-electron chi connectivity index (χ3n) is 5.58. The summed E-state index contributed by atoms with van der Waals surface area (Å²) in [5, 5.41) is 4.02. The predicted octanol–water partition coefficient (Wildman–Crippen LogP) is 4.25. The third-order valence-corrected chi connectivity index (χ3v) is 6.39. The Kier molecular flexibility index (Phi) is 6.97. The van der Waals surface area contributed by atoms with Crippen LogP contribution in [-0.4, -0.2) is 55.1 Å². The van der Waals surface area contributed by atoms with Crippen LogP contribution in [0.3, 0.4) is 0 Å². The molecule has 30 heavy (non-hydrogen) atoms. The van der Waals surface area contributed by atoms with E-state index in [1.807, 2.05) is 30.3 Å². The topological polar surface area (TPSA) is 57.7 Å². The van der Waals surface area contributed by atoms with Gasteiger partial charge < -0.3 is 15.0 Å². The van der Waals surface area contributed by atoms with E-state index in [-0.39, 0.29) is 12.5 Å². The van der Waals surface area contributed by atoms with E-state index in [1.165, 1.54) is 6.42 Å². The molecule has 8 heteroatoms. The first-order chi connectivity index (χ1) is 14.6. The number of hydrogen-bond donors (Lipinski definition) is 1. The van der Waals surface area contributed by atoms with Gasteiger partial charge in [0, 0.05) is 31.9 Å². The van der Waals surface area contributed by atoms with Crippen LogP contribution < -0.4 is 15.0 Å². The molecule has 0 atom stereocenters. The van der Waals surface area contributed by atoms with Crippen molar-refractivity contribution in [2.24, 2.45) is 0 Å². The molecule has 0 spiro atoms. The van der Waals surface area contributed by atoms with Gasteiger partial charge in [0.05, 0.1) is 15.7 Å². The molecule has 2 aliphatic rings. The van der Waals surface area contributed by atoms with Crippen LogP contribution in [0.25, 0.3) is 0 Å². The van der Waals surface area contributed by atoms with Crippen molar-refractivity contribution >= 4 is 40.6 Å². The van der Waals surface area contributed by atoms with Gasteiger partial charge in [0.1, 0.15) is 0 Å². The third kappa shape index (κ3) is 5.17. The second kappa shape index (κ2) is 9.86. The number of ether oxygens (including phenoxy) is 1. The molecule has 160 valence electrons. The van der Waals surface area contributed by atoms with E-state index in [2.05, 4.69) is 20.1 Å². The highest BCUT2D eigenvalue weighted by atomic mass is 35.5. The fourth-order valence-electron chi connectivity index (χ4n) is 3.91. The standard InChI is InChI=1S/C22H26Cl2N4O2/c23-17-6-4-7-18(21(17)24)28-13-11-27(12-14-28)10-3-1-2-5-16-8-9-19-22(25-16)26-20(29)15-30-19/h4,6-9H,1-3,5,10-15H2,(H,25,26,29). The highest BCUT2D eigenvalue weighted by Crippen LogP contribution is 2.33. The van der Waals surface area contributed by atoms with Gasteiger partial charge in [-0.1, -0.05) is 35.7 Å². The normalized spacial score (nSPS) is 16.7. The maximum absolute atomic E-state index is 11.4. The van der Waals surface area contributed by atoms with Gasteiger partial charge in [-0.15, -0.1) is 0 Å². The van der Waals surface area contributed by atoms with Gasteiger partial charge >= 0.3 is 0 Å². The van der Waals surface area contributed by atoms with E-state index < -0.39 is 0 Å². The van der Waals surface area contributed by atoms with Crippen molar-refractivity contribution in [2.45, 2.75) is 25.7 Å². The SMILES string of the molecule is O=C1COc2ccc(CCCCCN3CCN(c4cccc(Cl)c4Cl)CC3)nc2N1. The zero-order valence-electron chi connectivity index (χ0n) is 16.9. The number of nitrogens with zero attached hydrogens (tertiary/aromatic N) is 3. The average Bonchev–Trinajstić information content (AvgIpc) is 2.76. The summed E-state index contributed by atoms with van der Waals surface area (Å²) in [4.78, 5) is 20.8. The van der Waals surface area contributed by atoms with Crippen LogP contribution in [0, 0.1) is 0 Å².